The minimum absolute atomic E-state index is 0.349. The zero-order valence-corrected chi connectivity index (χ0v) is 23.7. The van der Waals surface area contributed by atoms with Gasteiger partial charge in [0.25, 0.3) is 0 Å². The van der Waals surface area contributed by atoms with Gasteiger partial charge in [-0.25, -0.2) is 23.6 Å². The van der Waals surface area contributed by atoms with Crippen LogP contribution in [0, 0.1) is 0 Å². The SMILES string of the molecule is C[C@H]1SC(n2ccc(N(C(=O)OC(C)(C)C)C(=O)OC(C)(C)C)nc2=O)[C@@H](F)[C@@H]1OC(=O)OC(C)(C)C. The van der Waals surface area contributed by atoms with Crippen LogP contribution in [0.5, 0.6) is 0 Å². The average Bonchev–Trinajstić information content (AvgIpc) is 2.92. The Hall–Kier alpha value is -2.83. The normalized spacial score (nSPS) is 22.2. The minimum Gasteiger partial charge on any atom is -0.443 e. The Balaban J connectivity index is 2.34. The van der Waals surface area contributed by atoms with E-state index in [-0.39, 0.29) is 5.82 Å². The van der Waals surface area contributed by atoms with Crippen molar-refractivity contribution in [3.63, 3.8) is 0 Å². The van der Waals surface area contributed by atoms with Gasteiger partial charge in [0.15, 0.2) is 18.1 Å². The van der Waals surface area contributed by atoms with Gasteiger partial charge in [-0.1, -0.05) is 0 Å². The minimum atomic E-state index is -1.76. The highest BCUT2D eigenvalue weighted by Gasteiger charge is 2.47. The van der Waals surface area contributed by atoms with Crippen LogP contribution < -0.4 is 10.6 Å². The van der Waals surface area contributed by atoms with Crippen LogP contribution >= 0.6 is 11.8 Å². The molecule has 37 heavy (non-hydrogen) atoms. The molecule has 1 fully saturated rings. The number of anilines is 1. The van der Waals surface area contributed by atoms with Crippen LogP contribution in [0.1, 0.15) is 74.6 Å². The molecule has 4 atom stereocenters. The topological polar surface area (TPSA) is 126 Å². The average molecular weight is 546 g/mol. The van der Waals surface area contributed by atoms with E-state index in [4.69, 9.17) is 18.9 Å². The maximum absolute atomic E-state index is 15.3. The number of halogens is 1. The van der Waals surface area contributed by atoms with E-state index in [1.807, 2.05) is 0 Å². The number of ether oxygens (including phenoxy) is 4. The zero-order chi connectivity index (χ0) is 28.5. The first kappa shape index (κ1) is 30.4. The number of aromatic nitrogens is 2. The molecule has 2 rings (SSSR count). The number of carbonyl (C=O) groups is 3. The lowest BCUT2D eigenvalue weighted by molar-refractivity contribution is -0.0425. The molecule has 1 saturated heterocycles. The second-order valence-corrected chi connectivity index (χ2v) is 13.0. The second kappa shape index (κ2) is 10.9. The number of carbonyl (C=O) groups excluding carboxylic acids is 3. The summed E-state index contributed by atoms with van der Waals surface area (Å²) in [5, 5.41) is -1.58. The largest absolute Gasteiger partial charge is 0.509 e. The Morgan fingerprint density at radius 3 is 1.86 bits per heavy atom. The molecule has 1 aliphatic heterocycles. The molecule has 2 amide bonds. The summed E-state index contributed by atoms with van der Waals surface area (Å²) in [5.74, 6) is -0.349. The summed E-state index contributed by atoms with van der Waals surface area (Å²) >= 11 is 1.07. The molecule has 208 valence electrons. The Kier molecular flexibility index (Phi) is 8.94. The molecule has 0 aromatic carbocycles. The highest BCUT2D eigenvalue weighted by Crippen LogP contribution is 2.44. The summed E-state index contributed by atoms with van der Waals surface area (Å²) in [7, 11) is 0. The van der Waals surface area contributed by atoms with Crippen LogP contribution in [-0.4, -0.2) is 62.2 Å². The number of alkyl halides is 1. The molecule has 11 nitrogen and oxygen atoms in total. The Labute approximate surface area is 220 Å². The van der Waals surface area contributed by atoms with Crippen molar-refractivity contribution in [2.45, 2.75) is 109 Å². The quantitative estimate of drug-likeness (QED) is 0.369. The summed E-state index contributed by atoms with van der Waals surface area (Å²) in [5.41, 5.74) is -3.65. The molecule has 0 spiro atoms. The van der Waals surface area contributed by atoms with Crippen molar-refractivity contribution >= 4 is 35.9 Å². The van der Waals surface area contributed by atoms with Crippen molar-refractivity contribution in [3.05, 3.63) is 22.7 Å². The van der Waals surface area contributed by atoms with Gasteiger partial charge in [-0.3, -0.25) is 4.57 Å². The molecule has 13 heteroatoms. The van der Waals surface area contributed by atoms with Gasteiger partial charge in [0, 0.05) is 11.4 Å². The first-order valence-corrected chi connectivity index (χ1v) is 12.7. The maximum atomic E-state index is 15.3. The van der Waals surface area contributed by atoms with Crippen molar-refractivity contribution in [1.29, 1.82) is 0 Å². The van der Waals surface area contributed by atoms with Crippen LogP contribution in [0.15, 0.2) is 17.1 Å². The summed E-state index contributed by atoms with van der Waals surface area (Å²) in [4.78, 5) is 54.9. The van der Waals surface area contributed by atoms with Crippen LogP contribution in [0.25, 0.3) is 0 Å². The van der Waals surface area contributed by atoms with Gasteiger partial charge in [-0.2, -0.15) is 9.88 Å². The first-order valence-electron chi connectivity index (χ1n) is 11.7. The lowest BCUT2D eigenvalue weighted by Gasteiger charge is -2.28. The summed E-state index contributed by atoms with van der Waals surface area (Å²) in [6.45, 7) is 16.3. The smallest absolute Gasteiger partial charge is 0.443 e. The van der Waals surface area contributed by atoms with Gasteiger partial charge in [0.2, 0.25) is 0 Å². The van der Waals surface area contributed by atoms with E-state index in [9.17, 15) is 19.2 Å². The molecule has 1 aromatic rings. The molecule has 0 radical (unpaired) electrons. The van der Waals surface area contributed by atoms with E-state index in [1.54, 1.807) is 69.2 Å². The standard InChI is InChI=1S/C24H36FN3O8S/c1-13-16(33-21(32)36-24(8,9)10)15(25)17(37-13)27-12-11-14(26-18(27)29)28(19(30)34-22(2,3)4)20(31)35-23(5,6)7/h11-13,15-17H,1-10H3/t13-,15+,16-,17?/m1/s1. The number of nitrogens with zero attached hydrogens (tertiary/aromatic N) is 3. The summed E-state index contributed by atoms with van der Waals surface area (Å²) < 4.78 is 37.2. The van der Waals surface area contributed by atoms with Crippen LogP contribution in [0.2, 0.25) is 0 Å². The number of thioether (sulfide) groups is 1. The number of imide groups is 1. The predicted octanol–water partition coefficient (Wildman–Crippen LogP) is 5.21. The summed E-state index contributed by atoms with van der Waals surface area (Å²) in [6, 6.07) is 1.20. The first-order chi connectivity index (χ1) is 16.7. The van der Waals surface area contributed by atoms with E-state index in [0.717, 1.165) is 16.3 Å². The molecule has 1 aromatic heterocycles. The molecular formula is C24H36FN3O8S. The van der Waals surface area contributed by atoms with Gasteiger partial charge in [0.05, 0.1) is 0 Å². The fourth-order valence-corrected chi connectivity index (χ4v) is 4.55. The molecule has 0 N–H and O–H groups in total. The molecule has 2 heterocycles. The molecule has 0 saturated carbocycles. The van der Waals surface area contributed by atoms with Gasteiger partial charge in [-0.15, -0.1) is 11.8 Å². The lowest BCUT2D eigenvalue weighted by atomic mass is 10.1. The summed E-state index contributed by atoms with van der Waals surface area (Å²) in [6.07, 6.45) is -4.92. The maximum Gasteiger partial charge on any atom is 0.509 e. The Morgan fingerprint density at radius 1 is 0.946 bits per heavy atom. The third-order valence-electron chi connectivity index (χ3n) is 4.50. The van der Waals surface area contributed by atoms with Gasteiger partial charge >= 0.3 is 24.0 Å². The fraction of sp³-hybridized carbons (Fsp3) is 0.708. The molecule has 0 bridgehead atoms. The number of rotatable bonds is 3. The van der Waals surface area contributed by atoms with Gasteiger partial charge < -0.3 is 18.9 Å². The molecular weight excluding hydrogens is 509 g/mol. The molecule has 0 aliphatic carbocycles. The van der Waals surface area contributed by atoms with Gasteiger partial charge in [0.1, 0.15) is 22.2 Å². The molecule has 1 aliphatic rings. The van der Waals surface area contributed by atoms with Crippen LogP contribution in [0.4, 0.5) is 24.6 Å². The van der Waals surface area contributed by atoms with Crippen molar-refractivity contribution in [3.8, 4) is 0 Å². The van der Waals surface area contributed by atoms with E-state index in [2.05, 4.69) is 4.98 Å². The highest BCUT2D eigenvalue weighted by atomic mass is 32.2. The van der Waals surface area contributed by atoms with E-state index >= 15 is 4.39 Å². The third-order valence-corrected chi connectivity index (χ3v) is 5.96. The highest BCUT2D eigenvalue weighted by molar-refractivity contribution is 8.00. The monoisotopic (exact) mass is 545 g/mol. The third kappa shape index (κ3) is 8.61. The van der Waals surface area contributed by atoms with Crippen LogP contribution in [0.3, 0.4) is 0 Å². The van der Waals surface area contributed by atoms with Crippen molar-refractivity contribution < 1.29 is 37.7 Å². The van der Waals surface area contributed by atoms with E-state index in [0.29, 0.717) is 4.90 Å². The predicted molar refractivity (Wildman–Crippen MR) is 136 cm³/mol. The van der Waals surface area contributed by atoms with Crippen molar-refractivity contribution in [2.75, 3.05) is 4.90 Å². The Bertz CT molecular complexity index is 1050. The van der Waals surface area contributed by atoms with Gasteiger partial charge in [-0.05, 0) is 75.3 Å². The number of hydrogen-bond donors (Lipinski definition) is 0. The zero-order valence-electron chi connectivity index (χ0n) is 22.9. The van der Waals surface area contributed by atoms with Crippen LogP contribution in [-0.2, 0) is 18.9 Å². The van der Waals surface area contributed by atoms with E-state index < -0.39 is 63.7 Å². The second-order valence-electron chi connectivity index (χ2n) is 11.5. The number of hydrogen-bond acceptors (Lipinski definition) is 10. The van der Waals surface area contributed by atoms with E-state index in [1.165, 1.54) is 12.3 Å². The van der Waals surface area contributed by atoms with Crippen molar-refractivity contribution in [1.82, 2.24) is 9.55 Å². The fourth-order valence-electron chi connectivity index (χ4n) is 3.16. The van der Waals surface area contributed by atoms with Crippen molar-refractivity contribution in [2.24, 2.45) is 0 Å². The lowest BCUT2D eigenvalue weighted by Crippen LogP contribution is -2.45. The number of amides is 2. The Morgan fingerprint density at radius 2 is 1.43 bits per heavy atom. The molecule has 1 unspecified atom stereocenters.